The van der Waals surface area contributed by atoms with Crippen molar-refractivity contribution in [3.8, 4) is 11.8 Å². The van der Waals surface area contributed by atoms with Gasteiger partial charge < -0.3 is 0 Å². The van der Waals surface area contributed by atoms with Crippen LogP contribution in [0.3, 0.4) is 0 Å². The van der Waals surface area contributed by atoms with Gasteiger partial charge in [0.1, 0.15) is 0 Å². The highest BCUT2D eigenvalue weighted by atomic mass is 32.1. The lowest BCUT2D eigenvalue weighted by Gasteiger charge is -1.90. The molecular formula is C14H13NS. The lowest BCUT2D eigenvalue weighted by atomic mass is 10.2. The van der Waals surface area contributed by atoms with Gasteiger partial charge in [0.15, 0.2) is 5.01 Å². The van der Waals surface area contributed by atoms with E-state index in [1.54, 1.807) is 11.3 Å². The fourth-order valence-electron chi connectivity index (χ4n) is 1.29. The van der Waals surface area contributed by atoms with Crippen LogP contribution in [0.25, 0.3) is 0 Å². The third-order valence-electron chi connectivity index (χ3n) is 2.27. The summed E-state index contributed by atoms with van der Waals surface area (Å²) in [4.78, 5) is 5.55. The zero-order chi connectivity index (χ0) is 11.4. The van der Waals surface area contributed by atoms with Crippen molar-refractivity contribution >= 4 is 11.3 Å². The van der Waals surface area contributed by atoms with Crippen LogP contribution < -0.4 is 0 Å². The van der Waals surface area contributed by atoms with Crippen LogP contribution in [0.2, 0.25) is 0 Å². The van der Waals surface area contributed by atoms with Crippen LogP contribution in [-0.4, -0.2) is 4.98 Å². The zero-order valence-corrected chi connectivity index (χ0v) is 10.3. The Morgan fingerprint density at radius 3 is 2.56 bits per heavy atom. The van der Waals surface area contributed by atoms with Crippen molar-refractivity contribution in [1.29, 1.82) is 0 Å². The number of rotatable bonds is 1. The van der Waals surface area contributed by atoms with Gasteiger partial charge in [-0.15, -0.1) is 11.3 Å². The summed E-state index contributed by atoms with van der Waals surface area (Å²) in [5.74, 6) is 6.22. The molecule has 16 heavy (non-hydrogen) atoms. The number of thiazole rings is 1. The molecule has 0 fully saturated rings. The molecule has 2 aromatic rings. The van der Waals surface area contributed by atoms with E-state index in [-0.39, 0.29) is 0 Å². The van der Waals surface area contributed by atoms with Crippen molar-refractivity contribution in [2.45, 2.75) is 20.3 Å². The molecule has 0 aliphatic rings. The van der Waals surface area contributed by atoms with Gasteiger partial charge in [-0.2, -0.15) is 0 Å². The maximum Gasteiger partial charge on any atom is 0.167 e. The Morgan fingerprint density at radius 2 is 1.94 bits per heavy atom. The van der Waals surface area contributed by atoms with Crippen molar-refractivity contribution in [1.82, 2.24) is 4.98 Å². The van der Waals surface area contributed by atoms with Crippen molar-refractivity contribution in [3.05, 3.63) is 51.5 Å². The minimum absolute atomic E-state index is 0.900. The van der Waals surface area contributed by atoms with Crippen LogP contribution in [0.5, 0.6) is 0 Å². The first kappa shape index (κ1) is 10.9. The minimum atomic E-state index is 0.900. The Kier molecular flexibility index (Phi) is 3.38. The van der Waals surface area contributed by atoms with Gasteiger partial charge in [-0.3, -0.25) is 0 Å². The number of benzene rings is 1. The molecule has 0 aliphatic carbocycles. The number of aromatic nitrogens is 1. The van der Waals surface area contributed by atoms with E-state index in [1.165, 1.54) is 10.4 Å². The monoisotopic (exact) mass is 227 g/mol. The summed E-state index contributed by atoms with van der Waals surface area (Å²) in [5, 5.41) is 0.900. The number of hydrogen-bond acceptors (Lipinski definition) is 2. The summed E-state index contributed by atoms with van der Waals surface area (Å²) in [6.45, 7) is 4.20. The molecule has 0 aliphatic heterocycles. The highest BCUT2D eigenvalue weighted by Gasteiger charge is 1.95. The predicted octanol–water partition coefficient (Wildman–Crippen LogP) is 3.41. The van der Waals surface area contributed by atoms with Gasteiger partial charge >= 0.3 is 0 Å². The smallest absolute Gasteiger partial charge is 0.167 e. The number of hydrogen-bond donors (Lipinski definition) is 0. The molecule has 1 aromatic carbocycles. The van der Waals surface area contributed by atoms with E-state index in [4.69, 9.17) is 0 Å². The van der Waals surface area contributed by atoms with Crippen molar-refractivity contribution in [2.24, 2.45) is 0 Å². The number of nitrogens with zero attached hydrogens (tertiary/aromatic N) is 1. The first-order chi connectivity index (χ1) is 7.78. The molecule has 1 nitrogen and oxygen atoms in total. The van der Waals surface area contributed by atoms with E-state index in [0.29, 0.717) is 0 Å². The van der Waals surface area contributed by atoms with Gasteiger partial charge in [0, 0.05) is 16.6 Å². The van der Waals surface area contributed by atoms with Gasteiger partial charge in [-0.1, -0.05) is 30.5 Å². The normalized spacial score (nSPS) is 9.62. The lowest BCUT2D eigenvalue weighted by Crippen LogP contribution is -1.75. The van der Waals surface area contributed by atoms with E-state index in [9.17, 15) is 0 Å². The zero-order valence-electron chi connectivity index (χ0n) is 9.45. The highest BCUT2D eigenvalue weighted by Crippen LogP contribution is 2.12. The summed E-state index contributed by atoms with van der Waals surface area (Å²) >= 11 is 1.67. The van der Waals surface area contributed by atoms with E-state index < -0.39 is 0 Å². The molecule has 0 saturated heterocycles. The Balaban J connectivity index is 2.18. The van der Waals surface area contributed by atoms with E-state index in [0.717, 1.165) is 17.0 Å². The second-order valence-corrected chi connectivity index (χ2v) is 4.72. The second kappa shape index (κ2) is 4.96. The Morgan fingerprint density at radius 1 is 1.19 bits per heavy atom. The van der Waals surface area contributed by atoms with E-state index >= 15 is 0 Å². The maximum absolute atomic E-state index is 4.26. The van der Waals surface area contributed by atoms with Crippen molar-refractivity contribution < 1.29 is 0 Å². The highest BCUT2D eigenvalue weighted by molar-refractivity contribution is 7.12. The summed E-state index contributed by atoms with van der Waals surface area (Å²) in [7, 11) is 0. The third-order valence-corrected chi connectivity index (χ3v) is 3.32. The largest absolute Gasteiger partial charge is 0.236 e. The summed E-state index contributed by atoms with van der Waals surface area (Å²) in [6, 6.07) is 8.22. The topological polar surface area (TPSA) is 12.9 Å². The molecule has 1 heterocycles. The van der Waals surface area contributed by atoms with Gasteiger partial charge in [0.25, 0.3) is 0 Å². The van der Waals surface area contributed by atoms with Crippen LogP contribution in [0.4, 0.5) is 0 Å². The van der Waals surface area contributed by atoms with Gasteiger partial charge in [-0.05, 0) is 31.4 Å². The molecule has 1 aromatic heterocycles. The lowest BCUT2D eigenvalue weighted by molar-refractivity contribution is 1.17. The molecule has 0 spiro atoms. The quantitative estimate of drug-likeness (QED) is 0.680. The molecule has 0 unspecified atom stereocenters. The first-order valence-corrected chi connectivity index (χ1v) is 6.13. The molecule has 2 heteroatoms. The van der Waals surface area contributed by atoms with E-state index in [1.807, 2.05) is 18.3 Å². The van der Waals surface area contributed by atoms with Gasteiger partial charge in [0.2, 0.25) is 0 Å². The maximum atomic E-state index is 4.26. The summed E-state index contributed by atoms with van der Waals surface area (Å²) in [5.41, 5.74) is 2.30. The SMILES string of the molecule is CCc1cnc(C#Cc2ccc(C)cc2)s1. The van der Waals surface area contributed by atoms with Crippen molar-refractivity contribution in [2.75, 3.05) is 0 Å². The standard InChI is InChI=1S/C14H13NS/c1-3-13-10-15-14(16-13)9-8-12-6-4-11(2)5-7-12/h4-7,10H,3H2,1-2H3. The molecule has 0 atom stereocenters. The Labute approximate surface area is 100 Å². The predicted molar refractivity (Wildman–Crippen MR) is 68.7 cm³/mol. The molecule has 80 valence electrons. The van der Waals surface area contributed by atoms with Crippen LogP contribution in [0.15, 0.2) is 30.5 Å². The molecule has 0 N–H and O–H groups in total. The van der Waals surface area contributed by atoms with Crippen molar-refractivity contribution in [3.63, 3.8) is 0 Å². The van der Waals surface area contributed by atoms with E-state index in [2.05, 4.69) is 42.8 Å². The average Bonchev–Trinajstić information content (AvgIpc) is 2.76. The average molecular weight is 227 g/mol. The van der Waals surface area contributed by atoms with Crippen LogP contribution in [0.1, 0.15) is 27.9 Å². The summed E-state index contributed by atoms with van der Waals surface area (Å²) in [6.07, 6.45) is 2.94. The fraction of sp³-hybridized carbons (Fsp3) is 0.214. The van der Waals surface area contributed by atoms with Crippen LogP contribution in [0, 0.1) is 18.8 Å². The molecule has 2 rings (SSSR count). The Bertz CT molecular complexity index is 526. The second-order valence-electron chi connectivity index (χ2n) is 3.60. The Hall–Kier alpha value is -1.59. The minimum Gasteiger partial charge on any atom is -0.236 e. The molecule has 0 amide bonds. The molecule has 0 radical (unpaired) electrons. The van der Waals surface area contributed by atoms with Gasteiger partial charge in [0.05, 0.1) is 0 Å². The molecule has 0 bridgehead atoms. The first-order valence-electron chi connectivity index (χ1n) is 5.31. The van der Waals surface area contributed by atoms with Crippen LogP contribution >= 0.6 is 11.3 Å². The van der Waals surface area contributed by atoms with Crippen LogP contribution in [-0.2, 0) is 6.42 Å². The fourth-order valence-corrected chi connectivity index (χ4v) is 2.00. The van der Waals surface area contributed by atoms with Gasteiger partial charge in [-0.25, -0.2) is 4.98 Å². The molecular weight excluding hydrogens is 214 g/mol. The number of aryl methyl sites for hydroxylation is 2. The summed E-state index contributed by atoms with van der Waals surface area (Å²) < 4.78 is 0. The third kappa shape index (κ3) is 2.71. The molecule has 0 saturated carbocycles.